The van der Waals surface area contributed by atoms with Crippen LogP contribution in [-0.2, 0) is 0 Å². The molecule has 1 amide bonds. The van der Waals surface area contributed by atoms with Crippen LogP contribution in [0.25, 0.3) is 0 Å². The molecule has 1 aliphatic rings. The first-order valence-corrected chi connectivity index (χ1v) is 6.54. The van der Waals surface area contributed by atoms with E-state index < -0.39 is 0 Å². The average Bonchev–Trinajstić information content (AvgIpc) is 2.75. The summed E-state index contributed by atoms with van der Waals surface area (Å²) in [6.45, 7) is 4.85. The highest BCUT2D eigenvalue weighted by molar-refractivity contribution is 8.13. The Morgan fingerprint density at radius 1 is 1.67 bits per heavy atom. The fourth-order valence-corrected chi connectivity index (χ4v) is 3.09. The van der Waals surface area contributed by atoms with Gasteiger partial charge in [0.2, 0.25) is 5.16 Å². The number of likely N-dealkylation sites (tertiary alicyclic amines) is 1. The minimum absolute atomic E-state index is 0.0813. The van der Waals surface area contributed by atoms with Gasteiger partial charge in [-0.15, -0.1) is 0 Å². The summed E-state index contributed by atoms with van der Waals surface area (Å²) in [5.41, 5.74) is 0. The van der Waals surface area contributed by atoms with Crippen molar-refractivity contribution in [1.29, 1.82) is 0 Å². The van der Waals surface area contributed by atoms with Gasteiger partial charge in [-0.05, 0) is 38.2 Å². The second-order valence-electron chi connectivity index (χ2n) is 3.65. The third kappa shape index (κ3) is 2.49. The maximum absolute atomic E-state index is 11.8. The van der Waals surface area contributed by atoms with E-state index in [1.165, 1.54) is 11.5 Å². The highest BCUT2D eigenvalue weighted by Crippen LogP contribution is 2.25. The maximum Gasteiger partial charge on any atom is 0.289 e. The van der Waals surface area contributed by atoms with Crippen LogP contribution < -0.4 is 0 Å². The summed E-state index contributed by atoms with van der Waals surface area (Å²) in [6, 6.07) is 0.365. The van der Waals surface area contributed by atoms with Crippen LogP contribution in [0.15, 0.2) is 5.16 Å². The second kappa shape index (κ2) is 4.49. The summed E-state index contributed by atoms with van der Waals surface area (Å²) in [4.78, 5) is 17.9. The first kappa shape index (κ1) is 10.9. The number of aromatic nitrogens is 2. The summed E-state index contributed by atoms with van der Waals surface area (Å²) in [5.74, 6) is 0. The van der Waals surface area contributed by atoms with Crippen LogP contribution in [0.4, 0.5) is 4.79 Å². The van der Waals surface area contributed by atoms with Crippen molar-refractivity contribution >= 4 is 28.5 Å². The van der Waals surface area contributed by atoms with Crippen molar-refractivity contribution in [3.8, 4) is 0 Å². The van der Waals surface area contributed by atoms with Gasteiger partial charge in [0, 0.05) is 24.3 Å². The molecule has 15 heavy (non-hydrogen) atoms. The van der Waals surface area contributed by atoms with Crippen molar-refractivity contribution < 1.29 is 4.79 Å². The molecule has 1 saturated heterocycles. The molecule has 0 saturated carbocycles. The Labute approximate surface area is 97.2 Å². The van der Waals surface area contributed by atoms with Crippen LogP contribution in [-0.4, -0.2) is 32.1 Å². The molecule has 0 aromatic carbocycles. The van der Waals surface area contributed by atoms with E-state index in [4.69, 9.17) is 0 Å². The molecule has 2 heterocycles. The second-order valence-corrected chi connectivity index (χ2v) is 5.52. The van der Waals surface area contributed by atoms with Crippen molar-refractivity contribution in [3.63, 3.8) is 0 Å². The van der Waals surface area contributed by atoms with Gasteiger partial charge in [0.15, 0.2) is 0 Å². The molecule has 0 N–H and O–H groups in total. The zero-order valence-corrected chi connectivity index (χ0v) is 10.4. The van der Waals surface area contributed by atoms with E-state index in [2.05, 4.69) is 16.3 Å². The molecule has 2 rings (SSSR count). The molecule has 1 atom stereocenters. The summed E-state index contributed by atoms with van der Waals surface area (Å²) in [5, 5.41) is 1.57. The number of rotatable bonds is 1. The fraction of sp³-hybridized carbons (Fsp3) is 0.667. The van der Waals surface area contributed by atoms with Gasteiger partial charge in [-0.25, -0.2) is 4.98 Å². The molecule has 0 bridgehead atoms. The average molecular weight is 243 g/mol. The monoisotopic (exact) mass is 243 g/mol. The first-order chi connectivity index (χ1) is 7.16. The number of carbonyl (C=O) groups excluding carboxylic acids is 1. The molecule has 6 heteroatoms. The van der Waals surface area contributed by atoms with Crippen LogP contribution in [0, 0.1) is 6.92 Å². The molecule has 1 aliphatic heterocycles. The molecular formula is C9H13N3OS2. The molecule has 4 nitrogen and oxygen atoms in total. The lowest BCUT2D eigenvalue weighted by atomic mass is 10.2. The van der Waals surface area contributed by atoms with Crippen molar-refractivity contribution in [2.24, 2.45) is 0 Å². The number of thioether (sulfide) groups is 1. The lowest BCUT2D eigenvalue weighted by molar-refractivity contribution is 0.221. The van der Waals surface area contributed by atoms with Gasteiger partial charge in [0.25, 0.3) is 5.24 Å². The van der Waals surface area contributed by atoms with E-state index in [-0.39, 0.29) is 5.24 Å². The van der Waals surface area contributed by atoms with Crippen molar-refractivity contribution in [3.05, 3.63) is 5.01 Å². The van der Waals surface area contributed by atoms with Crippen LogP contribution in [0.1, 0.15) is 24.8 Å². The smallest absolute Gasteiger partial charge is 0.289 e. The number of nitrogens with zero attached hydrogens (tertiary/aromatic N) is 3. The molecule has 82 valence electrons. The zero-order chi connectivity index (χ0) is 10.8. The van der Waals surface area contributed by atoms with E-state index in [1.54, 1.807) is 0 Å². The van der Waals surface area contributed by atoms with Gasteiger partial charge in [0.05, 0.1) is 0 Å². The highest BCUT2D eigenvalue weighted by Gasteiger charge is 2.26. The van der Waals surface area contributed by atoms with E-state index in [1.807, 2.05) is 11.8 Å². The number of carbonyl (C=O) groups is 1. The van der Waals surface area contributed by atoms with Gasteiger partial charge in [0.1, 0.15) is 5.01 Å². The molecule has 1 unspecified atom stereocenters. The number of hydrogen-bond donors (Lipinski definition) is 0. The lowest BCUT2D eigenvalue weighted by Gasteiger charge is -2.19. The van der Waals surface area contributed by atoms with Crippen LogP contribution in [0.3, 0.4) is 0 Å². The maximum atomic E-state index is 11.8. The summed E-state index contributed by atoms with van der Waals surface area (Å²) in [6.07, 6.45) is 2.22. The van der Waals surface area contributed by atoms with Gasteiger partial charge in [-0.1, -0.05) is 0 Å². The quantitative estimate of drug-likeness (QED) is 0.711. The Morgan fingerprint density at radius 3 is 3.00 bits per heavy atom. The highest BCUT2D eigenvalue weighted by atomic mass is 32.2. The molecule has 0 spiro atoms. The SMILES string of the molecule is Cc1nc(SC(=O)N2CCCC2C)ns1. The molecule has 0 radical (unpaired) electrons. The van der Waals surface area contributed by atoms with Crippen molar-refractivity contribution in [2.45, 2.75) is 37.9 Å². The Bertz CT molecular complexity index is 366. The minimum Gasteiger partial charge on any atom is -0.331 e. The summed E-state index contributed by atoms with van der Waals surface area (Å²) < 4.78 is 4.10. The number of aryl methyl sites for hydroxylation is 1. The van der Waals surface area contributed by atoms with Gasteiger partial charge >= 0.3 is 0 Å². The lowest BCUT2D eigenvalue weighted by Crippen LogP contribution is -2.30. The molecule has 1 aromatic rings. The first-order valence-electron chi connectivity index (χ1n) is 4.95. The van der Waals surface area contributed by atoms with E-state index in [9.17, 15) is 4.79 Å². The Kier molecular flexibility index (Phi) is 3.25. The van der Waals surface area contributed by atoms with Gasteiger partial charge < -0.3 is 4.90 Å². The summed E-state index contributed by atoms with van der Waals surface area (Å²) >= 11 is 2.48. The third-order valence-corrected chi connectivity index (χ3v) is 3.98. The van der Waals surface area contributed by atoms with E-state index >= 15 is 0 Å². The Balaban J connectivity index is 1.97. The molecule has 1 aromatic heterocycles. The van der Waals surface area contributed by atoms with Crippen molar-refractivity contribution in [2.75, 3.05) is 6.54 Å². The van der Waals surface area contributed by atoms with E-state index in [0.29, 0.717) is 11.2 Å². The normalized spacial score (nSPS) is 20.9. The number of amides is 1. The van der Waals surface area contributed by atoms with Gasteiger partial charge in [-0.3, -0.25) is 4.79 Å². The largest absolute Gasteiger partial charge is 0.331 e. The number of hydrogen-bond acceptors (Lipinski definition) is 5. The Morgan fingerprint density at radius 2 is 2.47 bits per heavy atom. The minimum atomic E-state index is 0.0813. The molecular weight excluding hydrogens is 230 g/mol. The van der Waals surface area contributed by atoms with E-state index in [0.717, 1.165) is 36.2 Å². The fourth-order valence-electron chi connectivity index (χ4n) is 1.66. The van der Waals surface area contributed by atoms with Crippen LogP contribution in [0.5, 0.6) is 0 Å². The van der Waals surface area contributed by atoms with Crippen LogP contribution >= 0.6 is 23.3 Å². The molecule has 0 aliphatic carbocycles. The van der Waals surface area contributed by atoms with Crippen LogP contribution in [0.2, 0.25) is 0 Å². The van der Waals surface area contributed by atoms with Crippen molar-refractivity contribution in [1.82, 2.24) is 14.3 Å². The summed E-state index contributed by atoms with van der Waals surface area (Å²) in [7, 11) is 0. The van der Waals surface area contributed by atoms with Gasteiger partial charge in [-0.2, -0.15) is 4.37 Å². The third-order valence-electron chi connectivity index (χ3n) is 2.48. The Hall–Kier alpha value is -0.620. The standard InChI is InChI=1S/C9H13N3OS2/c1-6-4-3-5-12(6)9(13)14-8-10-7(2)15-11-8/h6H,3-5H2,1-2H3. The zero-order valence-electron chi connectivity index (χ0n) is 8.77. The topological polar surface area (TPSA) is 46.1 Å². The molecule has 1 fully saturated rings. The predicted octanol–water partition coefficient (Wildman–Crippen LogP) is 2.54. The predicted molar refractivity (Wildman–Crippen MR) is 61.3 cm³/mol.